The monoisotopic (exact) mass is 276 g/mol. The number of nitrogens with zero attached hydrogens (tertiary/aromatic N) is 3. The number of amides is 1. The van der Waals surface area contributed by atoms with Crippen molar-refractivity contribution >= 4 is 17.3 Å². The molecule has 0 atom stereocenters. The maximum atomic E-state index is 11.6. The first-order valence-electron chi connectivity index (χ1n) is 7.10. The highest BCUT2D eigenvalue weighted by atomic mass is 16.2. The predicted octanol–water partition coefficient (Wildman–Crippen LogP) is 0.869. The summed E-state index contributed by atoms with van der Waals surface area (Å²) >= 11 is 0. The van der Waals surface area contributed by atoms with Crippen LogP contribution >= 0.6 is 0 Å². The fourth-order valence-corrected chi connectivity index (χ4v) is 2.47. The van der Waals surface area contributed by atoms with Crippen LogP contribution in [-0.2, 0) is 4.79 Å². The summed E-state index contributed by atoms with van der Waals surface area (Å²) in [5.74, 6) is 0.194. The summed E-state index contributed by atoms with van der Waals surface area (Å²) in [4.78, 5) is 17.9. The van der Waals surface area contributed by atoms with E-state index in [2.05, 4.69) is 15.9 Å². The van der Waals surface area contributed by atoms with Crippen LogP contribution < -0.4 is 10.6 Å². The minimum absolute atomic E-state index is 0.194. The second-order valence-corrected chi connectivity index (χ2v) is 5.43. The van der Waals surface area contributed by atoms with Gasteiger partial charge in [0.15, 0.2) is 0 Å². The molecule has 1 fully saturated rings. The highest BCUT2D eigenvalue weighted by Crippen LogP contribution is 2.23. The third-order valence-corrected chi connectivity index (χ3v) is 3.79. The van der Waals surface area contributed by atoms with Gasteiger partial charge >= 0.3 is 0 Å². The Bertz CT molecular complexity index is 453. The summed E-state index contributed by atoms with van der Waals surface area (Å²) in [6.45, 7) is 4.73. The number of hydrogen-bond donors (Lipinski definition) is 1. The number of carbonyl (C=O) groups is 1. The molecular weight excluding hydrogens is 252 g/mol. The Morgan fingerprint density at radius 2 is 1.85 bits per heavy atom. The number of nitrogen functional groups attached to an aromatic ring is 1. The number of para-hydroxylation sites is 2. The molecule has 20 heavy (non-hydrogen) atoms. The molecule has 1 aliphatic rings. The van der Waals surface area contributed by atoms with Crippen molar-refractivity contribution in [3.63, 3.8) is 0 Å². The van der Waals surface area contributed by atoms with Crippen LogP contribution in [0.5, 0.6) is 0 Å². The Morgan fingerprint density at radius 3 is 2.45 bits per heavy atom. The van der Waals surface area contributed by atoms with E-state index in [9.17, 15) is 4.79 Å². The number of piperazine rings is 1. The average molecular weight is 276 g/mol. The molecule has 2 rings (SSSR count). The Morgan fingerprint density at radius 1 is 1.20 bits per heavy atom. The minimum Gasteiger partial charge on any atom is -0.397 e. The van der Waals surface area contributed by atoms with Gasteiger partial charge in [0.05, 0.1) is 11.4 Å². The van der Waals surface area contributed by atoms with E-state index >= 15 is 0 Å². The van der Waals surface area contributed by atoms with Crippen molar-refractivity contribution in [2.75, 3.05) is 57.5 Å². The first kappa shape index (κ1) is 14.7. The molecule has 5 heteroatoms. The Labute approximate surface area is 120 Å². The summed E-state index contributed by atoms with van der Waals surface area (Å²) in [6.07, 6.45) is 0.598. The molecule has 110 valence electrons. The summed E-state index contributed by atoms with van der Waals surface area (Å²) in [5.41, 5.74) is 7.97. The van der Waals surface area contributed by atoms with Gasteiger partial charge in [0.25, 0.3) is 0 Å². The van der Waals surface area contributed by atoms with Crippen molar-refractivity contribution in [3.8, 4) is 0 Å². The molecule has 0 saturated carbocycles. The molecule has 0 aromatic heterocycles. The normalized spacial score (nSPS) is 16.2. The van der Waals surface area contributed by atoms with Crippen molar-refractivity contribution in [1.29, 1.82) is 0 Å². The number of carbonyl (C=O) groups excluding carboxylic acids is 1. The van der Waals surface area contributed by atoms with Crippen LogP contribution in [0, 0.1) is 0 Å². The summed E-state index contributed by atoms with van der Waals surface area (Å²) < 4.78 is 0. The van der Waals surface area contributed by atoms with E-state index in [-0.39, 0.29) is 5.91 Å². The van der Waals surface area contributed by atoms with Gasteiger partial charge < -0.3 is 15.5 Å². The fraction of sp³-hybridized carbons (Fsp3) is 0.533. The lowest BCUT2D eigenvalue weighted by molar-refractivity contribution is -0.129. The molecule has 1 aromatic carbocycles. The SMILES string of the molecule is CN(C)C(=O)CCN1CCN(c2ccccc2N)CC1. The minimum atomic E-state index is 0.194. The zero-order valence-electron chi connectivity index (χ0n) is 12.4. The quantitative estimate of drug-likeness (QED) is 0.829. The first-order chi connectivity index (χ1) is 9.58. The molecule has 0 bridgehead atoms. The molecule has 0 aliphatic carbocycles. The number of nitrogens with two attached hydrogens (primary N) is 1. The molecule has 1 aliphatic heterocycles. The molecule has 5 nitrogen and oxygen atoms in total. The molecule has 0 spiro atoms. The molecule has 0 radical (unpaired) electrons. The van der Waals surface area contributed by atoms with Gasteiger partial charge in [-0.15, -0.1) is 0 Å². The van der Waals surface area contributed by atoms with Crippen molar-refractivity contribution in [1.82, 2.24) is 9.80 Å². The molecule has 1 amide bonds. The summed E-state index contributed by atoms with van der Waals surface area (Å²) in [7, 11) is 3.61. The highest BCUT2D eigenvalue weighted by molar-refractivity contribution is 5.75. The van der Waals surface area contributed by atoms with Crippen molar-refractivity contribution in [2.24, 2.45) is 0 Å². The van der Waals surface area contributed by atoms with Crippen molar-refractivity contribution in [3.05, 3.63) is 24.3 Å². The number of anilines is 2. The smallest absolute Gasteiger partial charge is 0.223 e. The number of rotatable bonds is 4. The third kappa shape index (κ3) is 3.63. The van der Waals surface area contributed by atoms with E-state index < -0.39 is 0 Å². The van der Waals surface area contributed by atoms with Crippen LogP contribution in [-0.4, -0.2) is 62.5 Å². The highest BCUT2D eigenvalue weighted by Gasteiger charge is 2.19. The van der Waals surface area contributed by atoms with Gasteiger partial charge in [0.2, 0.25) is 5.91 Å². The van der Waals surface area contributed by atoms with E-state index in [1.165, 1.54) is 0 Å². The van der Waals surface area contributed by atoms with E-state index in [1.807, 2.05) is 18.2 Å². The molecule has 0 unspecified atom stereocenters. The number of benzene rings is 1. The molecular formula is C15H24N4O. The molecule has 2 N–H and O–H groups in total. The maximum Gasteiger partial charge on any atom is 0.223 e. The largest absolute Gasteiger partial charge is 0.397 e. The van der Waals surface area contributed by atoms with Gasteiger partial charge in [-0.2, -0.15) is 0 Å². The van der Waals surface area contributed by atoms with Crippen LogP contribution in [0.2, 0.25) is 0 Å². The van der Waals surface area contributed by atoms with E-state index in [4.69, 9.17) is 5.73 Å². The Hall–Kier alpha value is -1.75. The van der Waals surface area contributed by atoms with Gasteiger partial charge in [-0.25, -0.2) is 0 Å². The van der Waals surface area contributed by atoms with E-state index in [0.717, 1.165) is 44.1 Å². The standard InChI is InChI=1S/C15H24N4O/c1-17(2)15(20)7-8-18-9-11-19(12-10-18)14-6-4-3-5-13(14)16/h3-6H,7-12,16H2,1-2H3. The van der Waals surface area contributed by atoms with Crippen LogP contribution in [0.4, 0.5) is 11.4 Å². The average Bonchev–Trinajstić information content (AvgIpc) is 2.46. The van der Waals surface area contributed by atoms with Crippen molar-refractivity contribution in [2.45, 2.75) is 6.42 Å². The molecule has 1 saturated heterocycles. The van der Waals surface area contributed by atoms with Crippen LogP contribution in [0.1, 0.15) is 6.42 Å². The van der Waals surface area contributed by atoms with Gasteiger partial charge in [0.1, 0.15) is 0 Å². The van der Waals surface area contributed by atoms with E-state index in [1.54, 1.807) is 19.0 Å². The zero-order chi connectivity index (χ0) is 14.5. The third-order valence-electron chi connectivity index (χ3n) is 3.79. The van der Waals surface area contributed by atoms with Gasteiger partial charge in [0, 0.05) is 53.2 Å². The van der Waals surface area contributed by atoms with Gasteiger partial charge in [-0.1, -0.05) is 12.1 Å². The van der Waals surface area contributed by atoms with E-state index in [0.29, 0.717) is 6.42 Å². The first-order valence-corrected chi connectivity index (χ1v) is 7.10. The van der Waals surface area contributed by atoms with Gasteiger partial charge in [-0.05, 0) is 12.1 Å². The second kappa shape index (κ2) is 6.61. The number of hydrogen-bond acceptors (Lipinski definition) is 4. The Balaban J connectivity index is 1.81. The van der Waals surface area contributed by atoms with Crippen LogP contribution in [0.3, 0.4) is 0 Å². The second-order valence-electron chi connectivity index (χ2n) is 5.43. The molecule has 1 aromatic rings. The fourth-order valence-electron chi connectivity index (χ4n) is 2.47. The lowest BCUT2D eigenvalue weighted by Gasteiger charge is -2.36. The molecule has 1 heterocycles. The summed E-state index contributed by atoms with van der Waals surface area (Å²) in [6, 6.07) is 7.99. The summed E-state index contributed by atoms with van der Waals surface area (Å²) in [5, 5.41) is 0. The lowest BCUT2D eigenvalue weighted by Crippen LogP contribution is -2.47. The maximum absolute atomic E-state index is 11.6. The van der Waals surface area contributed by atoms with Crippen molar-refractivity contribution < 1.29 is 4.79 Å². The Kier molecular flexibility index (Phi) is 4.84. The zero-order valence-corrected chi connectivity index (χ0v) is 12.4. The lowest BCUT2D eigenvalue weighted by atomic mass is 10.2. The topological polar surface area (TPSA) is 52.8 Å². The van der Waals surface area contributed by atoms with Crippen LogP contribution in [0.25, 0.3) is 0 Å². The van der Waals surface area contributed by atoms with Crippen LogP contribution in [0.15, 0.2) is 24.3 Å². The predicted molar refractivity (Wildman–Crippen MR) is 82.8 cm³/mol. The van der Waals surface area contributed by atoms with Gasteiger partial charge in [-0.3, -0.25) is 9.69 Å².